The summed E-state index contributed by atoms with van der Waals surface area (Å²) in [5.41, 5.74) is 3.36. The molecule has 1 aromatic heterocycles. The molecule has 0 bridgehead atoms. The third kappa shape index (κ3) is 1.94. The van der Waals surface area contributed by atoms with Gasteiger partial charge in [0.2, 0.25) is 0 Å². The average molecular weight is 340 g/mol. The van der Waals surface area contributed by atoms with E-state index < -0.39 is 0 Å². The zero-order valence-electron chi connectivity index (χ0n) is 13.5. The Morgan fingerprint density at radius 2 is 1.58 bits per heavy atom. The van der Waals surface area contributed by atoms with E-state index in [1.54, 1.807) is 54.6 Å². The first-order valence-electron chi connectivity index (χ1n) is 8.14. The summed E-state index contributed by atoms with van der Waals surface area (Å²) in [5, 5.41) is 9.69. The number of carbonyl (C=O) groups is 2. The smallest absolute Gasteiger partial charge is 0.196 e. The van der Waals surface area contributed by atoms with Gasteiger partial charge >= 0.3 is 0 Å². The van der Waals surface area contributed by atoms with Crippen molar-refractivity contribution in [3.8, 4) is 17.1 Å². The van der Waals surface area contributed by atoms with Crippen molar-refractivity contribution in [2.75, 3.05) is 0 Å². The van der Waals surface area contributed by atoms with Crippen molar-refractivity contribution in [2.24, 2.45) is 0 Å². The lowest BCUT2D eigenvalue weighted by Crippen LogP contribution is -2.21. The molecular formula is C21H12N2O3. The molecule has 0 saturated carbocycles. The maximum absolute atomic E-state index is 13.0. The number of carbonyl (C=O) groups excluding carboxylic acids is 2. The summed E-state index contributed by atoms with van der Waals surface area (Å²) in [6.07, 6.45) is 0. The molecule has 5 rings (SSSR count). The highest BCUT2D eigenvalue weighted by atomic mass is 16.3. The third-order valence-electron chi connectivity index (χ3n) is 4.66. The standard InChI is InChI=1S/C21H12N2O3/c24-12-5-3-4-11(10-12)21-22-16-9-8-15-17(18(16)23-21)20(26)14-7-2-1-6-13(14)19(15)25/h1-10,24H,(H,22,23). The van der Waals surface area contributed by atoms with Crippen LogP contribution in [0, 0.1) is 0 Å². The molecule has 0 unspecified atom stereocenters. The predicted molar refractivity (Wildman–Crippen MR) is 96.5 cm³/mol. The van der Waals surface area contributed by atoms with Crippen LogP contribution < -0.4 is 0 Å². The summed E-state index contributed by atoms with van der Waals surface area (Å²) < 4.78 is 0. The number of fused-ring (bicyclic) bond motifs is 4. The van der Waals surface area contributed by atoms with E-state index >= 15 is 0 Å². The lowest BCUT2D eigenvalue weighted by atomic mass is 9.83. The normalized spacial score (nSPS) is 12.9. The van der Waals surface area contributed by atoms with Gasteiger partial charge in [0.05, 0.1) is 11.1 Å². The number of nitrogens with zero attached hydrogens (tertiary/aromatic N) is 1. The van der Waals surface area contributed by atoms with Crippen molar-refractivity contribution in [2.45, 2.75) is 0 Å². The number of aromatic hydroxyl groups is 1. The molecule has 0 atom stereocenters. The molecule has 5 heteroatoms. The number of aromatic nitrogens is 2. The van der Waals surface area contributed by atoms with Gasteiger partial charge in [0.15, 0.2) is 11.6 Å². The van der Waals surface area contributed by atoms with Crippen LogP contribution in [0.25, 0.3) is 22.4 Å². The molecule has 1 heterocycles. The van der Waals surface area contributed by atoms with Gasteiger partial charge in [-0.25, -0.2) is 4.98 Å². The molecule has 5 nitrogen and oxygen atoms in total. The highest BCUT2D eigenvalue weighted by Gasteiger charge is 2.32. The molecule has 0 fully saturated rings. The average Bonchev–Trinajstić information content (AvgIpc) is 3.10. The van der Waals surface area contributed by atoms with Crippen molar-refractivity contribution in [3.63, 3.8) is 0 Å². The van der Waals surface area contributed by atoms with Crippen LogP contribution in [0.2, 0.25) is 0 Å². The predicted octanol–water partition coefficient (Wildman–Crippen LogP) is 3.71. The number of hydrogen-bond donors (Lipinski definition) is 2. The number of benzene rings is 3. The molecule has 3 aromatic carbocycles. The van der Waals surface area contributed by atoms with Gasteiger partial charge in [0, 0.05) is 22.3 Å². The quantitative estimate of drug-likeness (QED) is 0.487. The highest BCUT2D eigenvalue weighted by molar-refractivity contribution is 6.31. The van der Waals surface area contributed by atoms with E-state index in [0.29, 0.717) is 44.7 Å². The first kappa shape index (κ1) is 14.6. The Kier molecular flexibility index (Phi) is 2.88. The largest absolute Gasteiger partial charge is 0.508 e. The van der Waals surface area contributed by atoms with Gasteiger partial charge in [-0.05, 0) is 24.3 Å². The van der Waals surface area contributed by atoms with E-state index in [2.05, 4.69) is 9.97 Å². The van der Waals surface area contributed by atoms with Crippen LogP contribution in [0.15, 0.2) is 60.7 Å². The van der Waals surface area contributed by atoms with E-state index in [0.717, 1.165) is 0 Å². The lowest BCUT2D eigenvalue weighted by molar-refractivity contribution is 0.0980. The van der Waals surface area contributed by atoms with E-state index in [1.807, 2.05) is 6.07 Å². The Labute approximate surface area is 147 Å². The first-order chi connectivity index (χ1) is 12.6. The minimum Gasteiger partial charge on any atom is -0.508 e. The van der Waals surface area contributed by atoms with Gasteiger partial charge in [0.1, 0.15) is 17.1 Å². The number of ketones is 2. The van der Waals surface area contributed by atoms with E-state index in [-0.39, 0.29) is 17.3 Å². The van der Waals surface area contributed by atoms with Crippen molar-refractivity contribution >= 4 is 22.6 Å². The fraction of sp³-hybridized carbons (Fsp3) is 0. The molecule has 1 aliphatic carbocycles. The summed E-state index contributed by atoms with van der Waals surface area (Å²) in [4.78, 5) is 33.5. The third-order valence-corrected chi connectivity index (χ3v) is 4.66. The monoisotopic (exact) mass is 340 g/mol. The van der Waals surface area contributed by atoms with Crippen LogP contribution in [-0.4, -0.2) is 26.6 Å². The number of nitrogens with one attached hydrogen (secondary N) is 1. The first-order valence-corrected chi connectivity index (χ1v) is 8.14. The highest BCUT2D eigenvalue weighted by Crippen LogP contribution is 2.33. The van der Waals surface area contributed by atoms with Gasteiger partial charge < -0.3 is 10.1 Å². The minimum absolute atomic E-state index is 0.130. The molecule has 0 amide bonds. The Balaban J connectivity index is 1.77. The molecule has 0 radical (unpaired) electrons. The lowest BCUT2D eigenvalue weighted by Gasteiger charge is -2.17. The summed E-state index contributed by atoms with van der Waals surface area (Å²) in [5.74, 6) is 0.294. The summed E-state index contributed by atoms with van der Waals surface area (Å²) in [6, 6.07) is 17.0. The summed E-state index contributed by atoms with van der Waals surface area (Å²) >= 11 is 0. The fourth-order valence-electron chi connectivity index (χ4n) is 3.44. The van der Waals surface area contributed by atoms with Crippen LogP contribution in [0.1, 0.15) is 31.8 Å². The molecule has 2 N–H and O–H groups in total. The summed E-state index contributed by atoms with van der Waals surface area (Å²) in [7, 11) is 0. The zero-order valence-corrected chi connectivity index (χ0v) is 13.5. The maximum Gasteiger partial charge on any atom is 0.196 e. The number of phenolic OH excluding ortho intramolecular Hbond substituents is 1. The van der Waals surface area contributed by atoms with E-state index in [1.165, 1.54) is 0 Å². The molecule has 4 aromatic rings. The van der Waals surface area contributed by atoms with Gasteiger partial charge in [-0.1, -0.05) is 36.4 Å². The SMILES string of the molecule is O=C1c2ccccc2C(=O)c2c1ccc1[nH]c(-c3cccc(O)c3)nc21. The van der Waals surface area contributed by atoms with Crippen molar-refractivity contribution in [3.05, 3.63) is 82.9 Å². The minimum atomic E-state index is -0.199. The number of phenols is 1. The number of aromatic amines is 1. The molecular weight excluding hydrogens is 328 g/mol. The number of hydrogen-bond acceptors (Lipinski definition) is 4. The van der Waals surface area contributed by atoms with Crippen molar-refractivity contribution in [1.82, 2.24) is 9.97 Å². The van der Waals surface area contributed by atoms with E-state index in [4.69, 9.17) is 0 Å². The van der Waals surface area contributed by atoms with Crippen molar-refractivity contribution in [1.29, 1.82) is 0 Å². The molecule has 124 valence electrons. The number of rotatable bonds is 1. The Morgan fingerprint density at radius 1 is 0.808 bits per heavy atom. The van der Waals surface area contributed by atoms with Gasteiger partial charge in [0.25, 0.3) is 0 Å². The van der Waals surface area contributed by atoms with Gasteiger partial charge in [-0.15, -0.1) is 0 Å². The topological polar surface area (TPSA) is 83.0 Å². The van der Waals surface area contributed by atoms with Crippen LogP contribution in [0.5, 0.6) is 5.75 Å². The van der Waals surface area contributed by atoms with Crippen LogP contribution in [-0.2, 0) is 0 Å². The summed E-state index contributed by atoms with van der Waals surface area (Å²) in [6.45, 7) is 0. The molecule has 26 heavy (non-hydrogen) atoms. The molecule has 0 spiro atoms. The second-order valence-electron chi connectivity index (χ2n) is 6.22. The molecule has 1 aliphatic rings. The van der Waals surface area contributed by atoms with Crippen LogP contribution in [0.3, 0.4) is 0 Å². The number of H-pyrrole nitrogens is 1. The second kappa shape index (κ2) is 5.13. The fourth-order valence-corrected chi connectivity index (χ4v) is 3.44. The Morgan fingerprint density at radius 3 is 2.35 bits per heavy atom. The number of imidazole rings is 1. The van der Waals surface area contributed by atoms with Gasteiger partial charge in [-0.3, -0.25) is 9.59 Å². The molecule has 0 saturated heterocycles. The Bertz CT molecular complexity index is 1240. The van der Waals surface area contributed by atoms with Crippen LogP contribution >= 0.6 is 0 Å². The Hall–Kier alpha value is -3.73. The van der Waals surface area contributed by atoms with E-state index in [9.17, 15) is 14.7 Å². The molecule has 0 aliphatic heterocycles. The van der Waals surface area contributed by atoms with Crippen LogP contribution in [0.4, 0.5) is 0 Å². The second-order valence-corrected chi connectivity index (χ2v) is 6.22. The van der Waals surface area contributed by atoms with Gasteiger partial charge in [-0.2, -0.15) is 0 Å². The van der Waals surface area contributed by atoms with Crippen molar-refractivity contribution < 1.29 is 14.7 Å². The maximum atomic E-state index is 13.0. The zero-order chi connectivity index (χ0) is 17.8.